The molecule has 100 valence electrons. The average Bonchev–Trinajstić information content (AvgIpc) is 2.75. The number of carbonyl (C=O) groups is 1. The van der Waals surface area contributed by atoms with Gasteiger partial charge in [-0.25, -0.2) is 8.42 Å². The first-order valence-corrected chi connectivity index (χ1v) is 6.86. The van der Waals surface area contributed by atoms with Gasteiger partial charge in [0.2, 0.25) is 11.0 Å². The Morgan fingerprint density at radius 1 is 1.47 bits per heavy atom. The van der Waals surface area contributed by atoms with Crippen molar-refractivity contribution >= 4 is 22.1 Å². The number of unbranched alkanes of at least 4 members (excludes halogenated alkanes) is 1. The molecule has 0 aliphatic heterocycles. The SMILES string of the molecule is CCCCNC(=O)C=Cc1ccc(S(=O)(=O)[O-])o1.[Na+]. The van der Waals surface area contributed by atoms with Gasteiger partial charge in [-0.15, -0.1) is 0 Å². The molecule has 0 radical (unpaired) electrons. The van der Waals surface area contributed by atoms with Crippen LogP contribution >= 0.6 is 0 Å². The van der Waals surface area contributed by atoms with Gasteiger partial charge in [0, 0.05) is 12.6 Å². The Morgan fingerprint density at radius 3 is 2.68 bits per heavy atom. The van der Waals surface area contributed by atoms with Gasteiger partial charge in [-0.1, -0.05) is 13.3 Å². The van der Waals surface area contributed by atoms with Gasteiger partial charge in [0.05, 0.1) is 0 Å². The molecule has 0 saturated heterocycles. The summed E-state index contributed by atoms with van der Waals surface area (Å²) < 4.78 is 36.6. The maximum Gasteiger partial charge on any atom is 1.00 e. The van der Waals surface area contributed by atoms with Crippen molar-refractivity contribution in [2.24, 2.45) is 0 Å². The van der Waals surface area contributed by atoms with E-state index in [9.17, 15) is 17.8 Å². The third-order valence-electron chi connectivity index (χ3n) is 2.08. The first-order valence-electron chi connectivity index (χ1n) is 5.45. The van der Waals surface area contributed by atoms with Crippen molar-refractivity contribution in [2.75, 3.05) is 6.54 Å². The minimum atomic E-state index is -4.59. The molecule has 1 heterocycles. The van der Waals surface area contributed by atoms with Crippen LogP contribution in [0.1, 0.15) is 25.5 Å². The van der Waals surface area contributed by atoms with E-state index in [0.717, 1.165) is 18.9 Å². The fourth-order valence-electron chi connectivity index (χ4n) is 1.16. The summed E-state index contributed by atoms with van der Waals surface area (Å²) in [7, 11) is -4.59. The first-order chi connectivity index (χ1) is 8.43. The van der Waals surface area contributed by atoms with Crippen molar-refractivity contribution in [3.63, 3.8) is 0 Å². The Hall–Kier alpha value is -0.600. The number of hydrogen-bond acceptors (Lipinski definition) is 5. The van der Waals surface area contributed by atoms with Crippen LogP contribution in [-0.2, 0) is 14.9 Å². The standard InChI is InChI=1S/C11H15NO5S.Na/c1-2-3-8-12-10(13)6-4-9-5-7-11(17-9)18(14,15)16;/h4-7H,2-3,8H2,1H3,(H,12,13)(H,14,15,16);/q;+1/p-1. The van der Waals surface area contributed by atoms with Gasteiger partial charge < -0.3 is 14.3 Å². The van der Waals surface area contributed by atoms with Crippen LogP contribution < -0.4 is 34.9 Å². The van der Waals surface area contributed by atoms with E-state index < -0.39 is 15.2 Å². The molecule has 0 bridgehead atoms. The fraction of sp³-hybridized carbons (Fsp3) is 0.364. The molecule has 1 rings (SSSR count). The van der Waals surface area contributed by atoms with Crippen LogP contribution in [0, 0.1) is 0 Å². The van der Waals surface area contributed by atoms with E-state index >= 15 is 0 Å². The van der Waals surface area contributed by atoms with E-state index in [2.05, 4.69) is 5.32 Å². The molecule has 1 aromatic heterocycles. The van der Waals surface area contributed by atoms with Crippen molar-refractivity contribution < 1.29 is 51.7 Å². The third kappa shape index (κ3) is 6.93. The molecule has 0 aliphatic rings. The molecular formula is C11H14NNaO5S. The zero-order valence-corrected chi connectivity index (χ0v) is 13.7. The summed E-state index contributed by atoms with van der Waals surface area (Å²) in [6.07, 6.45) is 4.39. The minimum absolute atomic E-state index is 0. The van der Waals surface area contributed by atoms with E-state index in [4.69, 9.17) is 4.42 Å². The number of furan rings is 1. The molecule has 1 amide bonds. The zero-order chi connectivity index (χ0) is 13.6. The predicted octanol–water partition coefficient (Wildman–Crippen LogP) is -1.88. The largest absolute Gasteiger partial charge is 1.00 e. The summed E-state index contributed by atoms with van der Waals surface area (Å²) in [6, 6.07) is 2.36. The van der Waals surface area contributed by atoms with E-state index in [0.29, 0.717) is 6.54 Å². The van der Waals surface area contributed by atoms with Crippen LogP contribution in [0.15, 0.2) is 27.7 Å². The summed E-state index contributed by atoms with van der Waals surface area (Å²) in [5, 5.41) is 1.98. The summed E-state index contributed by atoms with van der Waals surface area (Å²) in [5.41, 5.74) is 0. The van der Waals surface area contributed by atoms with Crippen molar-refractivity contribution in [1.29, 1.82) is 0 Å². The second-order valence-electron chi connectivity index (χ2n) is 3.59. The third-order valence-corrected chi connectivity index (χ3v) is 2.79. The molecule has 0 unspecified atom stereocenters. The van der Waals surface area contributed by atoms with E-state index in [1.54, 1.807) is 0 Å². The molecule has 6 nitrogen and oxygen atoms in total. The number of carbonyl (C=O) groups excluding carboxylic acids is 1. The van der Waals surface area contributed by atoms with Crippen LogP contribution in [0.3, 0.4) is 0 Å². The summed E-state index contributed by atoms with van der Waals surface area (Å²) >= 11 is 0. The van der Waals surface area contributed by atoms with Gasteiger partial charge in [-0.05, 0) is 24.6 Å². The van der Waals surface area contributed by atoms with Gasteiger partial charge in [0.1, 0.15) is 5.76 Å². The number of rotatable bonds is 6. The maximum atomic E-state index is 11.3. The van der Waals surface area contributed by atoms with Crippen LogP contribution in [0.2, 0.25) is 0 Å². The van der Waals surface area contributed by atoms with Gasteiger partial charge >= 0.3 is 29.6 Å². The zero-order valence-electron chi connectivity index (χ0n) is 10.9. The van der Waals surface area contributed by atoms with Crippen LogP contribution in [0.25, 0.3) is 6.08 Å². The second kappa shape index (κ2) is 8.55. The van der Waals surface area contributed by atoms with Crippen molar-refractivity contribution in [3.8, 4) is 0 Å². The first kappa shape index (κ1) is 18.4. The Morgan fingerprint density at radius 2 is 2.16 bits per heavy atom. The second-order valence-corrected chi connectivity index (χ2v) is 4.90. The van der Waals surface area contributed by atoms with E-state index in [1.165, 1.54) is 18.2 Å². The van der Waals surface area contributed by atoms with Crippen molar-refractivity contribution in [1.82, 2.24) is 5.32 Å². The topological polar surface area (TPSA) is 99.4 Å². The summed E-state index contributed by atoms with van der Waals surface area (Å²) in [6.45, 7) is 2.59. The Balaban J connectivity index is 0.00000324. The number of hydrogen-bond donors (Lipinski definition) is 1. The summed E-state index contributed by atoms with van der Waals surface area (Å²) in [5.74, 6) is -0.165. The predicted molar refractivity (Wildman–Crippen MR) is 63.6 cm³/mol. The summed E-state index contributed by atoms with van der Waals surface area (Å²) in [4.78, 5) is 11.3. The molecule has 0 spiro atoms. The smallest absolute Gasteiger partial charge is 0.742 e. The van der Waals surface area contributed by atoms with Crippen molar-refractivity contribution in [2.45, 2.75) is 24.9 Å². The molecule has 0 aromatic carbocycles. The Kier molecular flexibility index (Phi) is 8.28. The van der Waals surface area contributed by atoms with E-state index in [1.807, 2.05) is 6.92 Å². The molecule has 0 saturated carbocycles. The number of amides is 1. The molecule has 0 aliphatic carbocycles. The van der Waals surface area contributed by atoms with Crippen molar-refractivity contribution in [3.05, 3.63) is 24.0 Å². The van der Waals surface area contributed by atoms with E-state index in [-0.39, 0.29) is 41.2 Å². The molecule has 1 aromatic rings. The monoisotopic (exact) mass is 295 g/mol. The van der Waals surface area contributed by atoms with Crippen LogP contribution in [0.5, 0.6) is 0 Å². The van der Waals surface area contributed by atoms with Gasteiger partial charge in [0.25, 0.3) is 0 Å². The number of nitrogens with one attached hydrogen (secondary N) is 1. The molecule has 0 atom stereocenters. The molecule has 8 heteroatoms. The Labute approximate surface area is 134 Å². The quantitative estimate of drug-likeness (QED) is 0.286. The minimum Gasteiger partial charge on any atom is -0.742 e. The Bertz CT molecular complexity index is 535. The average molecular weight is 295 g/mol. The molecular weight excluding hydrogens is 281 g/mol. The van der Waals surface area contributed by atoms with Gasteiger partial charge in [0.15, 0.2) is 10.1 Å². The molecule has 0 fully saturated rings. The molecule has 19 heavy (non-hydrogen) atoms. The van der Waals surface area contributed by atoms with Crippen LogP contribution in [0.4, 0.5) is 0 Å². The van der Waals surface area contributed by atoms with Gasteiger partial charge in [-0.3, -0.25) is 4.79 Å². The van der Waals surface area contributed by atoms with Crippen LogP contribution in [-0.4, -0.2) is 25.4 Å². The molecule has 1 N–H and O–H groups in total. The maximum absolute atomic E-state index is 11.3. The fourth-order valence-corrected chi connectivity index (χ4v) is 1.60. The normalized spacial score (nSPS) is 11.3. The van der Waals surface area contributed by atoms with Gasteiger partial charge in [-0.2, -0.15) is 0 Å².